The summed E-state index contributed by atoms with van der Waals surface area (Å²) in [4.78, 5) is 17.9. The molecule has 0 spiro atoms. The van der Waals surface area contributed by atoms with Gasteiger partial charge in [-0.05, 0) is 53.5 Å². The third kappa shape index (κ3) is 19.1. The van der Waals surface area contributed by atoms with Crippen LogP contribution in [0.2, 0.25) is 0 Å². The molecule has 3 aromatic heterocycles. The van der Waals surface area contributed by atoms with Gasteiger partial charge in [0, 0.05) is 63.5 Å². The van der Waals surface area contributed by atoms with Crippen molar-refractivity contribution in [3.05, 3.63) is 107 Å². The van der Waals surface area contributed by atoms with E-state index in [4.69, 9.17) is 43.0 Å². The highest BCUT2D eigenvalue weighted by molar-refractivity contribution is 6.05. The predicted octanol–water partition coefficient (Wildman–Crippen LogP) is -1.65. The second-order valence-electron chi connectivity index (χ2n) is 19.7. The van der Waals surface area contributed by atoms with E-state index in [0.717, 1.165) is 121 Å². The highest BCUT2D eigenvalue weighted by Crippen LogP contribution is 2.42. The van der Waals surface area contributed by atoms with Gasteiger partial charge in [-0.3, -0.25) is 9.36 Å². The van der Waals surface area contributed by atoms with Crippen LogP contribution in [-0.2, 0) is 82.1 Å². The van der Waals surface area contributed by atoms with Crippen molar-refractivity contribution in [3.8, 4) is 0 Å². The van der Waals surface area contributed by atoms with E-state index in [1.165, 1.54) is 0 Å². The molecule has 3 aliphatic rings. The van der Waals surface area contributed by atoms with Gasteiger partial charge in [0.05, 0.1) is 137 Å². The number of carbonyl (C=O) groups is 1. The summed E-state index contributed by atoms with van der Waals surface area (Å²) >= 11 is 0. The molecule has 2 fully saturated rings. The van der Waals surface area contributed by atoms with E-state index in [2.05, 4.69) is 47.7 Å². The maximum atomic E-state index is 13.7. The van der Waals surface area contributed by atoms with Gasteiger partial charge in [-0.15, -0.1) is 15.3 Å². The third-order valence-electron chi connectivity index (χ3n) is 14.0. The lowest BCUT2D eigenvalue weighted by molar-refractivity contribution is -0.908. The Labute approximate surface area is 467 Å². The van der Waals surface area contributed by atoms with Gasteiger partial charge in [0.15, 0.2) is 0 Å². The molecule has 25 nitrogen and oxygen atoms in total. The van der Waals surface area contributed by atoms with Crippen molar-refractivity contribution in [1.82, 2.24) is 45.0 Å². The number of carboxylic acid groups (broad SMARTS) is 1. The highest BCUT2D eigenvalue weighted by Gasteiger charge is 2.21. The number of quaternary nitrogens is 2. The Morgan fingerprint density at radius 1 is 0.550 bits per heavy atom. The summed E-state index contributed by atoms with van der Waals surface area (Å²) in [5.41, 5.74) is 5.64. The van der Waals surface area contributed by atoms with Crippen LogP contribution in [0.3, 0.4) is 0 Å². The van der Waals surface area contributed by atoms with Crippen LogP contribution >= 0.6 is 0 Å². The van der Waals surface area contributed by atoms with Crippen molar-refractivity contribution < 1.29 is 67.8 Å². The maximum Gasteiger partial charge on any atom is 0.329 e. The summed E-state index contributed by atoms with van der Waals surface area (Å²) in [5.74, 6) is -1.55. The Hall–Kier alpha value is -6.39. The first kappa shape index (κ1) is 59.7. The maximum absolute atomic E-state index is 13.7. The SMILES string of the molecule is CCN(CCOCc1cn(CCOCCOCCOCC(=O)O)nn1)c1ccc(C2=C([O-])C(c3ccc(N(CCOCc4cn(CCC[NH+]5CCOCC5)nn4)CCOCc4cn(CCC[NH+]5CCOCC5)nn4)cc3)=C2[O-])cc1. The van der Waals surface area contributed by atoms with Crippen molar-refractivity contribution in [2.75, 3.05) is 161 Å². The second-order valence-corrected chi connectivity index (χ2v) is 19.7. The molecule has 436 valence electrons. The lowest BCUT2D eigenvalue weighted by Gasteiger charge is -2.40. The van der Waals surface area contributed by atoms with Crippen molar-refractivity contribution >= 4 is 28.5 Å². The van der Waals surface area contributed by atoms with Crippen molar-refractivity contribution in [1.29, 1.82) is 0 Å². The molecule has 8 rings (SSSR count). The van der Waals surface area contributed by atoms with Gasteiger partial charge < -0.3 is 72.8 Å². The van der Waals surface area contributed by atoms with Crippen molar-refractivity contribution in [2.24, 2.45) is 0 Å². The van der Waals surface area contributed by atoms with Crippen LogP contribution in [-0.4, -0.2) is 207 Å². The Kier molecular flexibility index (Phi) is 24.5. The van der Waals surface area contributed by atoms with Gasteiger partial charge in [-0.1, -0.05) is 51.4 Å². The van der Waals surface area contributed by atoms with Crippen LogP contribution in [0.25, 0.3) is 11.1 Å². The molecule has 80 heavy (non-hydrogen) atoms. The molecule has 2 aromatic carbocycles. The van der Waals surface area contributed by atoms with Gasteiger partial charge >= 0.3 is 5.97 Å². The van der Waals surface area contributed by atoms with Crippen LogP contribution < -0.4 is 29.8 Å². The number of benzene rings is 2. The third-order valence-corrected chi connectivity index (χ3v) is 14.0. The number of carboxylic acids is 1. The lowest BCUT2D eigenvalue weighted by Crippen LogP contribution is -3.14. The van der Waals surface area contributed by atoms with E-state index in [0.29, 0.717) is 109 Å². The number of likely N-dealkylation sites (N-methyl/N-ethyl adjacent to an activating group) is 1. The van der Waals surface area contributed by atoms with E-state index in [1.54, 1.807) is 14.5 Å². The molecule has 1 aliphatic carbocycles. The fourth-order valence-electron chi connectivity index (χ4n) is 9.59. The Bertz CT molecular complexity index is 2580. The first-order valence-corrected chi connectivity index (χ1v) is 28.0. The molecule has 5 heterocycles. The summed E-state index contributed by atoms with van der Waals surface area (Å²) in [5, 5.41) is 61.6. The van der Waals surface area contributed by atoms with Gasteiger partial charge in [0.2, 0.25) is 0 Å². The van der Waals surface area contributed by atoms with Gasteiger partial charge in [-0.25, -0.2) is 9.48 Å². The highest BCUT2D eigenvalue weighted by atomic mass is 16.5. The molecular weight excluding hydrogens is 1030 g/mol. The van der Waals surface area contributed by atoms with Crippen molar-refractivity contribution in [2.45, 2.75) is 59.2 Å². The number of hydrogen-bond acceptors (Lipinski definition) is 19. The molecule has 0 unspecified atom stereocenters. The molecule has 2 aliphatic heterocycles. The van der Waals surface area contributed by atoms with E-state index in [1.807, 2.05) is 76.5 Å². The quantitative estimate of drug-likeness (QED) is 0.0372. The van der Waals surface area contributed by atoms with Crippen LogP contribution in [0, 0.1) is 0 Å². The number of ether oxygens (including phenoxy) is 8. The zero-order valence-electron chi connectivity index (χ0n) is 46.1. The van der Waals surface area contributed by atoms with Crippen LogP contribution in [0.1, 0.15) is 48.0 Å². The fourth-order valence-corrected chi connectivity index (χ4v) is 9.59. The minimum absolute atomic E-state index is 0.182. The monoisotopic (exact) mass is 1110 g/mol. The summed E-state index contributed by atoms with van der Waals surface area (Å²) < 4.78 is 50.5. The summed E-state index contributed by atoms with van der Waals surface area (Å²) in [6.07, 6.45) is 7.76. The molecule has 0 saturated carbocycles. The number of rotatable bonds is 39. The van der Waals surface area contributed by atoms with E-state index in [9.17, 15) is 15.0 Å². The molecule has 0 bridgehead atoms. The topological polar surface area (TPSA) is 265 Å². The smallest absolute Gasteiger partial charge is 0.329 e. The number of morpholine rings is 2. The van der Waals surface area contributed by atoms with Crippen LogP contribution in [0.4, 0.5) is 11.4 Å². The standard InChI is InChI=1S/C55H79N13O12/c1-2-64(21-29-77-42-48-39-68(61-58-48)24-32-75-33-34-76-35-36-80-43-51(69)70)49-9-5-44(6-10-49)52-54(71)53(55(52)72)45-7-11-50(12-8-45)65(22-30-78-40-46-37-66(59-56-46)15-3-13-62-17-25-73-26-18-62)23-31-79-41-47-38-67(60-57-47)16-4-14-63-19-27-74-28-20-63/h5-12,37-39,71-72H,2-4,13-36,40-43H2,1H3,(H,69,70). The van der Waals surface area contributed by atoms with Gasteiger partial charge in [0.1, 0.15) is 49.9 Å². The molecule has 0 amide bonds. The molecule has 3 N–H and O–H groups in total. The number of aliphatic carboxylic acids is 1. The average molecular weight is 1110 g/mol. The summed E-state index contributed by atoms with van der Waals surface area (Å²) in [7, 11) is 0. The largest absolute Gasteiger partial charge is 0.872 e. The van der Waals surface area contributed by atoms with Gasteiger partial charge in [0.25, 0.3) is 0 Å². The Balaban J connectivity index is 0.778. The zero-order chi connectivity index (χ0) is 55.6. The normalized spacial score (nSPS) is 15.3. The minimum Gasteiger partial charge on any atom is -0.872 e. The molecule has 0 radical (unpaired) electrons. The Morgan fingerprint density at radius 3 is 1.39 bits per heavy atom. The number of hydrogen-bond donors (Lipinski definition) is 3. The number of aromatic nitrogens is 9. The molecule has 25 heteroatoms. The van der Waals surface area contributed by atoms with Gasteiger partial charge in [-0.2, -0.15) is 0 Å². The Morgan fingerprint density at radius 2 is 0.950 bits per heavy atom. The first-order chi connectivity index (χ1) is 39.3. The first-order valence-electron chi connectivity index (χ1n) is 28.0. The number of nitrogens with zero attached hydrogens (tertiary/aromatic N) is 11. The molecule has 2 saturated heterocycles. The van der Waals surface area contributed by atoms with E-state index in [-0.39, 0.29) is 35.9 Å². The number of nitrogens with one attached hydrogen (secondary N) is 2. The number of allylic oxidation sites excluding steroid dienone is 2. The predicted molar refractivity (Wildman–Crippen MR) is 288 cm³/mol. The molecule has 5 aromatic rings. The number of aryl methyl sites for hydroxylation is 2. The van der Waals surface area contributed by atoms with Crippen LogP contribution in [0.5, 0.6) is 0 Å². The lowest BCUT2D eigenvalue weighted by atomic mass is 9.84. The number of anilines is 2. The van der Waals surface area contributed by atoms with Crippen LogP contribution in [0.15, 0.2) is 78.6 Å². The van der Waals surface area contributed by atoms with Crippen molar-refractivity contribution in [3.63, 3.8) is 0 Å². The molecule has 0 atom stereocenters. The fraction of sp³-hybridized carbons (Fsp3) is 0.582. The zero-order valence-corrected chi connectivity index (χ0v) is 46.1. The average Bonchev–Trinajstić information content (AvgIpc) is 4.31. The van der Waals surface area contributed by atoms with E-state index >= 15 is 0 Å². The van der Waals surface area contributed by atoms with E-state index < -0.39 is 5.97 Å². The second kappa shape index (κ2) is 32.8. The minimum atomic E-state index is -1.01. The summed E-state index contributed by atoms with van der Waals surface area (Å²) in [6, 6.07) is 15.0. The molecular formula is C55H79N13O12. The summed E-state index contributed by atoms with van der Waals surface area (Å²) in [6.45, 7) is 19.9.